The zero-order valence-electron chi connectivity index (χ0n) is 18.8. The number of sulfonamides is 1. The third-order valence-electron chi connectivity index (χ3n) is 5.66. The highest BCUT2D eigenvalue weighted by Gasteiger charge is 2.28. The number of carbonyl (C=O) groups excluding carboxylic acids is 2. The topological polar surface area (TPSA) is 136 Å². The Bertz CT molecular complexity index is 1230. The Hall–Kier alpha value is -3.16. The predicted octanol–water partition coefficient (Wildman–Crippen LogP) is 1.00. The largest absolute Gasteiger partial charge is 0.496 e. The van der Waals surface area contributed by atoms with Crippen molar-refractivity contribution >= 4 is 21.8 Å². The molecule has 1 atom stereocenters. The number of hydrogen-bond acceptors (Lipinski definition) is 6. The summed E-state index contributed by atoms with van der Waals surface area (Å²) in [6.07, 6.45) is -0.315. The fourth-order valence-electron chi connectivity index (χ4n) is 3.79. The number of halogens is 3. The van der Waals surface area contributed by atoms with Crippen molar-refractivity contribution in [2.24, 2.45) is 10.9 Å². The van der Waals surface area contributed by atoms with Gasteiger partial charge in [0.15, 0.2) is 11.6 Å². The SMILES string of the molecule is COc1ccc(S(N)(=O)=O)cc1C(=O)N1CCN(C(=O)C[C@H](N)Cc2cc(F)c(F)cc2F)CC1. The highest BCUT2D eigenvalue weighted by atomic mass is 32.2. The number of hydrogen-bond donors (Lipinski definition) is 2. The van der Waals surface area contributed by atoms with Gasteiger partial charge in [-0.3, -0.25) is 9.59 Å². The summed E-state index contributed by atoms with van der Waals surface area (Å²) in [5.41, 5.74) is 5.83. The first kappa shape index (κ1) is 26.4. The van der Waals surface area contributed by atoms with Gasteiger partial charge in [-0.15, -0.1) is 0 Å². The maximum atomic E-state index is 13.8. The molecule has 9 nitrogen and oxygen atoms in total. The molecule has 2 aromatic rings. The van der Waals surface area contributed by atoms with Crippen LogP contribution in [-0.2, 0) is 21.2 Å². The van der Waals surface area contributed by atoms with Crippen LogP contribution in [0.15, 0.2) is 35.2 Å². The van der Waals surface area contributed by atoms with Gasteiger partial charge in [0.2, 0.25) is 15.9 Å². The Morgan fingerprint density at radius 2 is 1.60 bits per heavy atom. The number of ether oxygens (including phenoxy) is 1. The van der Waals surface area contributed by atoms with E-state index in [2.05, 4.69) is 0 Å². The molecule has 35 heavy (non-hydrogen) atoms. The van der Waals surface area contributed by atoms with Crippen LogP contribution in [0.1, 0.15) is 22.3 Å². The molecule has 1 fully saturated rings. The Balaban J connectivity index is 1.60. The molecule has 0 saturated carbocycles. The molecule has 0 bridgehead atoms. The quantitative estimate of drug-likeness (QED) is 0.530. The van der Waals surface area contributed by atoms with E-state index >= 15 is 0 Å². The van der Waals surface area contributed by atoms with Crippen LogP contribution in [-0.4, -0.2) is 69.4 Å². The first-order valence-corrected chi connectivity index (χ1v) is 12.1. The lowest BCUT2D eigenvalue weighted by Gasteiger charge is -2.35. The number of piperazine rings is 1. The van der Waals surface area contributed by atoms with E-state index in [0.29, 0.717) is 6.07 Å². The van der Waals surface area contributed by atoms with Crippen molar-refractivity contribution in [2.45, 2.75) is 23.8 Å². The minimum absolute atomic E-state index is 0.0226. The molecule has 0 radical (unpaired) electrons. The molecule has 3 rings (SSSR count). The molecule has 2 amide bonds. The van der Waals surface area contributed by atoms with Crippen molar-refractivity contribution in [3.8, 4) is 5.75 Å². The van der Waals surface area contributed by atoms with Crippen LogP contribution in [0.2, 0.25) is 0 Å². The molecule has 13 heteroatoms. The highest BCUT2D eigenvalue weighted by molar-refractivity contribution is 7.89. The summed E-state index contributed by atoms with van der Waals surface area (Å²) in [5, 5.41) is 5.15. The molecule has 1 aliphatic heterocycles. The summed E-state index contributed by atoms with van der Waals surface area (Å²) in [7, 11) is -2.69. The Morgan fingerprint density at radius 1 is 1.00 bits per heavy atom. The number of rotatable bonds is 7. The fraction of sp³-hybridized carbons (Fsp3) is 0.364. The lowest BCUT2D eigenvalue weighted by molar-refractivity contribution is -0.133. The van der Waals surface area contributed by atoms with E-state index in [1.54, 1.807) is 0 Å². The van der Waals surface area contributed by atoms with Crippen LogP contribution >= 0.6 is 0 Å². The van der Waals surface area contributed by atoms with Crippen LogP contribution < -0.4 is 15.6 Å². The number of methoxy groups -OCH3 is 1. The number of carbonyl (C=O) groups is 2. The van der Waals surface area contributed by atoms with Crippen LogP contribution in [0, 0.1) is 17.5 Å². The molecule has 1 saturated heterocycles. The molecule has 0 aliphatic carbocycles. The summed E-state index contributed by atoms with van der Waals surface area (Å²) in [6.45, 7) is 0.711. The van der Waals surface area contributed by atoms with E-state index in [1.165, 1.54) is 29.0 Å². The van der Waals surface area contributed by atoms with E-state index < -0.39 is 39.4 Å². The number of amides is 2. The molecular weight excluding hydrogens is 489 g/mol. The van der Waals surface area contributed by atoms with Crippen molar-refractivity contribution < 1.29 is 35.9 Å². The van der Waals surface area contributed by atoms with Gasteiger partial charge in [-0.25, -0.2) is 26.7 Å². The van der Waals surface area contributed by atoms with Crippen molar-refractivity contribution in [1.82, 2.24) is 9.80 Å². The average Bonchev–Trinajstić information content (AvgIpc) is 2.81. The van der Waals surface area contributed by atoms with Crippen molar-refractivity contribution in [3.05, 3.63) is 58.9 Å². The molecule has 2 aromatic carbocycles. The summed E-state index contributed by atoms with van der Waals surface area (Å²) in [4.78, 5) is 28.3. The Labute approximate surface area is 200 Å². The zero-order valence-corrected chi connectivity index (χ0v) is 19.7. The lowest BCUT2D eigenvalue weighted by Crippen LogP contribution is -2.51. The molecule has 0 aromatic heterocycles. The van der Waals surface area contributed by atoms with Gasteiger partial charge >= 0.3 is 0 Å². The fourth-order valence-corrected chi connectivity index (χ4v) is 4.33. The van der Waals surface area contributed by atoms with Gasteiger partial charge in [0, 0.05) is 44.7 Å². The third kappa shape index (κ3) is 6.29. The van der Waals surface area contributed by atoms with Gasteiger partial charge in [-0.05, 0) is 36.2 Å². The van der Waals surface area contributed by atoms with Crippen molar-refractivity contribution in [3.63, 3.8) is 0 Å². The average molecular weight is 515 g/mol. The van der Waals surface area contributed by atoms with Gasteiger partial charge in [-0.2, -0.15) is 0 Å². The number of benzene rings is 2. The Morgan fingerprint density at radius 3 is 2.20 bits per heavy atom. The van der Waals surface area contributed by atoms with E-state index in [4.69, 9.17) is 15.6 Å². The zero-order chi connectivity index (χ0) is 25.9. The molecule has 1 aliphatic rings. The van der Waals surface area contributed by atoms with E-state index in [9.17, 15) is 31.2 Å². The van der Waals surface area contributed by atoms with E-state index in [1.807, 2.05) is 0 Å². The summed E-state index contributed by atoms with van der Waals surface area (Å²) < 4.78 is 68.8. The van der Waals surface area contributed by atoms with Gasteiger partial charge < -0.3 is 20.3 Å². The second kappa shape index (κ2) is 10.6. The summed E-state index contributed by atoms with van der Waals surface area (Å²) in [6, 6.07) is 4.04. The van der Waals surface area contributed by atoms with Gasteiger partial charge in [-0.1, -0.05) is 0 Å². The minimum Gasteiger partial charge on any atom is -0.496 e. The maximum absolute atomic E-state index is 13.8. The van der Waals surface area contributed by atoms with Crippen LogP contribution in [0.3, 0.4) is 0 Å². The van der Waals surface area contributed by atoms with Gasteiger partial charge in [0.1, 0.15) is 11.6 Å². The first-order chi connectivity index (χ1) is 16.4. The summed E-state index contributed by atoms with van der Waals surface area (Å²) >= 11 is 0. The monoisotopic (exact) mass is 514 g/mol. The Kier molecular flexibility index (Phi) is 8.03. The standard InChI is InChI=1S/C22H25F3N4O5S/c1-34-20-3-2-15(35(27,32)33)11-16(20)22(31)29-6-4-28(5-7-29)21(30)10-14(26)8-13-9-18(24)19(25)12-17(13)23/h2-3,9,11-12,14H,4-8,10,26H2,1H3,(H2,27,32,33)/t14-/m1/s1. The third-order valence-corrected chi connectivity index (χ3v) is 6.57. The molecule has 4 N–H and O–H groups in total. The van der Waals surface area contributed by atoms with Crippen LogP contribution in [0.4, 0.5) is 13.2 Å². The van der Waals surface area contributed by atoms with Gasteiger partial charge in [0.25, 0.3) is 5.91 Å². The van der Waals surface area contributed by atoms with Crippen molar-refractivity contribution in [1.29, 1.82) is 0 Å². The van der Waals surface area contributed by atoms with Crippen molar-refractivity contribution in [2.75, 3.05) is 33.3 Å². The predicted molar refractivity (Wildman–Crippen MR) is 119 cm³/mol. The number of primary sulfonamides is 1. The molecular formula is C22H25F3N4O5S. The second-order valence-corrected chi connectivity index (χ2v) is 9.67. The molecule has 0 spiro atoms. The number of nitrogens with two attached hydrogens (primary N) is 2. The molecule has 0 unspecified atom stereocenters. The smallest absolute Gasteiger partial charge is 0.257 e. The minimum atomic E-state index is -4.03. The maximum Gasteiger partial charge on any atom is 0.257 e. The van der Waals surface area contributed by atoms with Gasteiger partial charge in [0.05, 0.1) is 17.6 Å². The second-order valence-electron chi connectivity index (χ2n) is 8.11. The van der Waals surface area contributed by atoms with E-state index in [0.717, 1.165) is 12.1 Å². The normalized spacial score (nSPS) is 15.1. The van der Waals surface area contributed by atoms with E-state index in [-0.39, 0.29) is 66.7 Å². The van der Waals surface area contributed by atoms with Crippen LogP contribution in [0.25, 0.3) is 0 Å². The highest BCUT2D eigenvalue weighted by Crippen LogP contribution is 2.24. The first-order valence-electron chi connectivity index (χ1n) is 10.6. The summed E-state index contributed by atoms with van der Waals surface area (Å²) in [5.74, 6) is -4.09. The van der Waals surface area contributed by atoms with Crippen LogP contribution in [0.5, 0.6) is 5.75 Å². The lowest BCUT2D eigenvalue weighted by atomic mass is 10.0. The molecule has 1 heterocycles. The number of nitrogens with zero attached hydrogens (tertiary/aromatic N) is 2. The molecule has 190 valence electrons.